The van der Waals surface area contributed by atoms with Crippen LogP contribution >= 0.6 is 15.9 Å². The van der Waals surface area contributed by atoms with Crippen molar-refractivity contribution in [2.75, 3.05) is 17.2 Å². The quantitative estimate of drug-likeness (QED) is 0.888. The number of fused-ring (bicyclic) bond motifs is 1. The zero-order valence-corrected chi connectivity index (χ0v) is 11.8. The number of benzene rings is 2. The third-order valence-electron chi connectivity index (χ3n) is 3.24. The molecular weight excluding hydrogens is 304 g/mol. The summed E-state index contributed by atoms with van der Waals surface area (Å²) in [5.74, 6) is -0.106. The first-order chi connectivity index (χ1) is 9.24. The topological polar surface area (TPSA) is 41.1 Å². The molecule has 3 nitrogen and oxygen atoms in total. The van der Waals surface area contributed by atoms with Gasteiger partial charge >= 0.3 is 0 Å². The van der Waals surface area contributed by atoms with Gasteiger partial charge in [-0.15, -0.1) is 0 Å². The van der Waals surface area contributed by atoms with Crippen LogP contribution in [0.1, 0.15) is 11.5 Å². The Hall–Kier alpha value is -1.81. The van der Waals surface area contributed by atoms with Gasteiger partial charge < -0.3 is 10.6 Å². The van der Waals surface area contributed by atoms with Crippen molar-refractivity contribution in [3.8, 4) is 0 Å². The predicted octanol–water partition coefficient (Wildman–Crippen LogP) is 3.60. The fraction of sp³-hybridized carbons (Fsp3) is 0.133. The Labute approximate surface area is 120 Å². The van der Waals surface area contributed by atoms with E-state index < -0.39 is 0 Å². The van der Waals surface area contributed by atoms with Gasteiger partial charge in [-0.05, 0) is 29.8 Å². The molecule has 1 amide bonds. The Morgan fingerprint density at radius 2 is 2.05 bits per heavy atom. The maximum Gasteiger partial charge on any atom is 0.233 e. The molecule has 4 heteroatoms. The van der Waals surface area contributed by atoms with E-state index in [-0.39, 0.29) is 11.8 Å². The van der Waals surface area contributed by atoms with Crippen LogP contribution in [0.4, 0.5) is 11.4 Å². The minimum atomic E-state index is -0.129. The molecule has 0 saturated heterocycles. The molecule has 2 aromatic carbocycles. The number of halogens is 1. The highest BCUT2D eigenvalue weighted by Gasteiger charge is 2.27. The minimum absolute atomic E-state index is 0.0237. The summed E-state index contributed by atoms with van der Waals surface area (Å²) in [7, 11) is 0. The summed E-state index contributed by atoms with van der Waals surface area (Å²) in [5.41, 5.74) is 2.93. The molecule has 19 heavy (non-hydrogen) atoms. The Kier molecular flexibility index (Phi) is 3.25. The number of anilines is 2. The third kappa shape index (κ3) is 2.49. The molecule has 0 saturated carbocycles. The van der Waals surface area contributed by atoms with Gasteiger partial charge in [-0.2, -0.15) is 0 Å². The van der Waals surface area contributed by atoms with Crippen LogP contribution in [0, 0.1) is 0 Å². The molecular formula is C15H13BrN2O. The lowest BCUT2D eigenvalue weighted by molar-refractivity contribution is -0.117. The molecule has 0 spiro atoms. The first-order valence-corrected chi connectivity index (χ1v) is 6.92. The molecule has 1 aliphatic rings. The van der Waals surface area contributed by atoms with Gasteiger partial charge in [-0.3, -0.25) is 4.79 Å². The molecule has 3 rings (SSSR count). The molecule has 1 aliphatic heterocycles. The maximum atomic E-state index is 12.3. The van der Waals surface area contributed by atoms with Gasteiger partial charge in [0, 0.05) is 22.4 Å². The standard InChI is InChI=1S/C15H13BrN2O/c16-10-4-3-5-11(8-10)18-15(19)13-9-17-14-7-2-1-6-12(13)14/h1-8,13,17H,9H2,(H,18,19). The van der Waals surface area contributed by atoms with Crippen molar-refractivity contribution < 1.29 is 4.79 Å². The highest BCUT2D eigenvalue weighted by atomic mass is 79.9. The molecule has 96 valence electrons. The minimum Gasteiger partial charge on any atom is -0.384 e. The number of hydrogen-bond donors (Lipinski definition) is 2. The van der Waals surface area contributed by atoms with Crippen molar-refractivity contribution >= 4 is 33.2 Å². The zero-order valence-electron chi connectivity index (χ0n) is 10.2. The van der Waals surface area contributed by atoms with Crippen LogP contribution in [-0.2, 0) is 4.79 Å². The van der Waals surface area contributed by atoms with Gasteiger partial charge in [0.15, 0.2) is 0 Å². The molecule has 0 fully saturated rings. The summed E-state index contributed by atoms with van der Waals surface area (Å²) in [6.45, 7) is 0.652. The number of carbonyl (C=O) groups is 1. The Bertz CT molecular complexity index is 627. The van der Waals surface area contributed by atoms with Crippen LogP contribution in [0.2, 0.25) is 0 Å². The van der Waals surface area contributed by atoms with Crippen molar-refractivity contribution in [3.05, 3.63) is 58.6 Å². The predicted molar refractivity (Wildman–Crippen MR) is 80.4 cm³/mol. The van der Waals surface area contributed by atoms with E-state index in [9.17, 15) is 4.79 Å². The first-order valence-electron chi connectivity index (χ1n) is 6.13. The molecule has 0 aromatic heterocycles. The lowest BCUT2D eigenvalue weighted by atomic mass is 10.0. The maximum absolute atomic E-state index is 12.3. The highest BCUT2D eigenvalue weighted by molar-refractivity contribution is 9.10. The van der Waals surface area contributed by atoms with Crippen molar-refractivity contribution in [3.63, 3.8) is 0 Å². The Morgan fingerprint density at radius 1 is 1.21 bits per heavy atom. The van der Waals surface area contributed by atoms with Crippen molar-refractivity contribution in [2.24, 2.45) is 0 Å². The Balaban J connectivity index is 1.79. The van der Waals surface area contributed by atoms with Crippen LogP contribution < -0.4 is 10.6 Å². The fourth-order valence-corrected chi connectivity index (χ4v) is 2.71. The number of amides is 1. The first kappa shape index (κ1) is 12.2. The smallest absolute Gasteiger partial charge is 0.233 e. The van der Waals surface area contributed by atoms with Crippen LogP contribution in [0.5, 0.6) is 0 Å². The van der Waals surface area contributed by atoms with Gasteiger partial charge in [-0.1, -0.05) is 40.2 Å². The van der Waals surface area contributed by atoms with E-state index >= 15 is 0 Å². The van der Waals surface area contributed by atoms with Crippen LogP contribution in [0.3, 0.4) is 0 Å². The average Bonchev–Trinajstić information content (AvgIpc) is 2.82. The summed E-state index contributed by atoms with van der Waals surface area (Å²) in [6, 6.07) is 15.6. The SMILES string of the molecule is O=C(Nc1cccc(Br)c1)C1CNc2ccccc21. The molecule has 0 bridgehead atoms. The van der Waals surface area contributed by atoms with Crippen LogP contribution in [0.25, 0.3) is 0 Å². The molecule has 2 aromatic rings. The molecule has 0 radical (unpaired) electrons. The van der Waals surface area contributed by atoms with E-state index in [1.54, 1.807) is 0 Å². The lowest BCUT2D eigenvalue weighted by Gasteiger charge is -2.11. The normalized spacial score (nSPS) is 16.6. The fourth-order valence-electron chi connectivity index (χ4n) is 2.31. The van der Waals surface area contributed by atoms with Crippen molar-refractivity contribution in [1.29, 1.82) is 0 Å². The summed E-state index contributed by atoms with van der Waals surface area (Å²) in [5, 5.41) is 6.21. The number of rotatable bonds is 2. The number of carbonyl (C=O) groups excluding carboxylic acids is 1. The van der Waals surface area contributed by atoms with E-state index in [0.29, 0.717) is 6.54 Å². The van der Waals surface area contributed by atoms with Gasteiger partial charge in [0.25, 0.3) is 0 Å². The summed E-state index contributed by atoms with van der Waals surface area (Å²) in [4.78, 5) is 12.3. The number of hydrogen-bond acceptors (Lipinski definition) is 2. The van der Waals surface area contributed by atoms with E-state index in [2.05, 4.69) is 26.6 Å². The largest absolute Gasteiger partial charge is 0.384 e. The summed E-state index contributed by atoms with van der Waals surface area (Å²) < 4.78 is 0.954. The van der Waals surface area contributed by atoms with Gasteiger partial charge in [0.05, 0.1) is 5.92 Å². The van der Waals surface area contributed by atoms with E-state index in [0.717, 1.165) is 21.4 Å². The second-order valence-electron chi connectivity index (χ2n) is 4.52. The van der Waals surface area contributed by atoms with Gasteiger partial charge in [-0.25, -0.2) is 0 Å². The van der Waals surface area contributed by atoms with Crippen molar-refractivity contribution in [1.82, 2.24) is 0 Å². The Morgan fingerprint density at radius 3 is 2.89 bits per heavy atom. The lowest BCUT2D eigenvalue weighted by Crippen LogP contribution is -2.22. The zero-order chi connectivity index (χ0) is 13.2. The van der Waals surface area contributed by atoms with E-state index in [1.807, 2.05) is 48.5 Å². The number of nitrogens with one attached hydrogen (secondary N) is 2. The summed E-state index contributed by atoms with van der Waals surface area (Å²) in [6.07, 6.45) is 0. The molecule has 1 unspecified atom stereocenters. The third-order valence-corrected chi connectivity index (χ3v) is 3.73. The van der Waals surface area contributed by atoms with Crippen molar-refractivity contribution in [2.45, 2.75) is 5.92 Å². The average molecular weight is 317 g/mol. The van der Waals surface area contributed by atoms with Gasteiger partial charge in [0.1, 0.15) is 0 Å². The molecule has 2 N–H and O–H groups in total. The van der Waals surface area contributed by atoms with Gasteiger partial charge in [0.2, 0.25) is 5.91 Å². The van der Waals surface area contributed by atoms with E-state index in [4.69, 9.17) is 0 Å². The summed E-state index contributed by atoms with van der Waals surface area (Å²) >= 11 is 3.40. The highest BCUT2D eigenvalue weighted by Crippen LogP contribution is 2.31. The monoisotopic (exact) mass is 316 g/mol. The second-order valence-corrected chi connectivity index (χ2v) is 5.44. The van der Waals surface area contributed by atoms with Crippen LogP contribution in [0.15, 0.2) is 53.0 Å². The van der Waals surface area contributed by atoms with Crippen LogP contribution in [-0.4, -0.2) is 12.5 Å². The second kappa shape index (κ2) is 5.05. The molecule has 1 atom stereocenters. The molecule has 1 heterocycles. The number of para-hydroxylation sites is 1. The van der Waals surface area contributed by atoms with E-state index in [1.165, 1.54) is 0 Å². The molecule has 0 aliphatic carbocycles.